The Hall–Kier alpha value is -1.76. The number of rotatable bonds is 6. The Balaban J connectivity index is 2.27. The van der Waals surface area contributed by atoms with Gasteiger partial charge in [-0.3, -0.25) is 4.79 Å². The summed E-state index contributed by atoms with van der Waals surface area (Å²) < 4.78 is 36.1. The maximum atomic E-state index is 12.0. The van der Waals surface area contributed by atoms with Gasteiger partial charge in [0.25, 0.3) is 0 Å². The minimum Gasteiger partial charge on any atom is -0.399 e. The fourth-order valence-electron chi connectivity index (χ4n) is 1.51. The van der Waals surface area contributed by atoms with Crippen LogP contribution in [0.5, 0.6) is 0 Å². The monoisotopic (exact) mass is 289 g/mol. The molecule has 0 saturated heterocycles. The van der Waals surface area contributed by atoms with Crippen molar-refractivity contribution in [3.8, 4) is 0 Å². The first kappa shape index (κ1) is 16.3. The lowest BCUT2D eigenvalue weighted by atomic mass is 10.2. The molecule has 0 fully saturated rings. The molecular weight excluding hydrogens is 271 g/mol. The molecule has 0 aromatic heterocycles. The molecule has 3 N–H and O–H groups in total. The second-order valence-electron chi connectivity index (χ2n) is 4.59. The van der Waals surface area contributed by atoms with Gasteiger partial charge < -0.3 is 16.0 Å². The number of amides is 1. The Morgan fingerprint density at radius 3 is 2.40 bits per heavy atom. The van der Waals surface area contributed by atoms with Gasteiger partial charge in [-0.05, 0) is 31.3 Å². The lowest BCUT2D eigenvalue weighted by Crippen LogP contribution is -2.28. The summed E-state index contributed by atoms with van der Waals surface area (Å²) >= 11 is 0. The van der Waals surface area contributed by atoms with Gasteiger partial charge in [0.15, 0.2) is 0 Å². The number of benzene rings is 1. The summed E-state index contributed by atoms with van der Waals surface area (Å²) in [4.78, 5) is 13.1. The van der Waals surface area contributed by atoms with Crippen molar-refractivity contribution in [3.05, 3.63) is 24.3 Å². The second kappa shape index (κ2) is 7.14. The molecule has 0 radical (unpaired) electrons. The van der Waals surface area contributed by atoms with E-state index in [0.29, 0.717) is 11.4 Å². The SMILES string of the molecule is CN(CCC(=O)Nc1ccc(N)cc1)CCC(F)(F)F. The van der Waals surface area contributed by atoms with Crippen molar-refractivity contribution >= 4 is 17.3 Å². The van der Waals surface area contributed by atoms with Gasteiger partial charge in [0.05, 0.1) is 6.42 Å². The third-order valence-electron chi connectivity index (χ3n) is 2.69. The molecule has 0 unspecified atom stereocenters. The van der Waals surface area contributed by atoms with Gasteiger partial charge in [0.2, 0.25) is 5.91 Å². The van der Waals surface area contributed by atoms with Crippen molar-refractivity contribution in [2.45, 2.75) is 19.0 Å². The van der Waals surface area contributed by atoms with E-state index in [9.17, 15) is 18.0 Å². The number of halogens is 3. The van der Waals surface area contributed by atoms with Gasteiger partial charge in [-0.1, -0.05) is 0 Å². The molecule has 0 aliphatic heterocycles. The van der Waals surface area contributed by atoms with Crippen molar-refractivity contribution in [1.82, 2.24) is 4.90 Å². The minimum absolute atomic E-state index is 0.112. The van der Waals surface area contributed by atoms with Crippen LogP contribution in [0.2, 0.25) is 0 Å². The number of nitrogens with one attached hydrogen (secondary N) is 1. The van der Waals surface area contributed by atoms with E-state index < -0.39 is 12.6 Å². The molecular formula is C13H18F3N3O. The van der Waals surface area contributed by atoms with Crippen LogP contribution in [0.4, 0.5) is 24.5 Å². The number of alkyl halides is 3. The third-order valence-corrected chi connectivity index (χ3v) is 2.69. The highest BCUT2D eigenvalue weighted by atomic mass is 19.4. The zero-order valence-corrected chi connectivity index (χ0v) is 11.2. The summed E-state index contributed by atoms with van der Waals surface area (Å²) in [5.41, 5.74) is 6.72. The van der Waals surface area contributed by atoms with Crippen LogP contribution in [0.25, 0.3) is 0 Å². The molecule has 1 aromatic rings. The van der Waals surface area contributed by atoms with Crippen LogP contribution < -0.4 is 11.1 Å². The van der Waals surface area contributed by atoms with Crippen LogP contribution in [0.3, 0.4) is 0 Å². The Bertz CT molecular complexity index is 431. The molecule has 0 heterocycles. The predicted octanol–water partition coefficient (Wildman–Crippen LogP) is 2.48. The van der Waals surface area contributed by atoms with Crippen molar-refractivity contribution < 1.29 is 18.0 Å². The van der Waals surface area contributed by atoms with Crippen LogP contribution in [0.15, 0.2) is 24.3 Å². The number of hydrogen-bond acceptors (Lipinski definition) is 3. The number of carbonyl (C=O) groups is 1. The molecule has 0 atom stereocenters. The van der Waals surface area contributed by atoms with Gasteiger partial charge in [-0.15, -0.1) is 0 Å². The molecule has 112 valence electrons. The molecule has 1 aromatic carbocycles. The van der Waals surface area contributed by atoms with E-state index in [2.05, 4.69) is 5.32 Å². The summed E-state index contributed by atoms with van der Waals surface area (Å²) in [7, 11) is 1.56. The number of hydrogen-bond donors (Lipinski definition) is 2. The summed E-state index contributed by atoms with van der Waals surface area (Å²) in [5, 5.41) is 2.65. The number of anilines is 2. The van der Waals surface area contributed by atoms with Gasteiger partial charge in [0, 0.05) is 30.9 Å². The predicted molar refractivity (Wildman–Crippen MR) is 72.3 cm³/mol. The fourth-order valence-corrected chi connectivity index (χ4v) is 1.51. The van der Waals surface area contributed by atoms with E-state index in [4.69, 9.17) is 5.73 Å². The highest BCUT2D eigenvalue weighted by Gasteiger charge is 2.27. The lowest BCUT2D eigenvalue weighted by Gasteiger charge is -2.17. The fraction of sp³-hybridized carbons (Fsp3) is 0.462. The summed E-state index contributed by atoms with van der Waals surface area (Å²) in [6, 6.07) is 6.65. The lowest BCUT2D eigenvalue weighted by molar-refractivity contribution is -0.137. The highest BCUT2D eigenvalue weighted by molar-refractivity contribution is 5.90. The van der Waals surface area contributed by atoms with Crippen LogP contribution in [0.1, 0.15) is 12.8 Å². The quantitative estimate of drug-likeness (QED) is 0.791. The molecule has 0 aliphatic rings. The summed E-state index contributed by atoms with van der Waals surface area (Å²) in [6.07, 6.45) is -4.90. The molecule has 0 spiro atoms. The largest absolute Gasteiger partial charge is 0.399 e. The molecule has 0 saturated carbocycles. The Morgan fingerprint density at radius 2 is 1.85 bits per heavy atom. The molecule has 4 nitrogen and oxygen atoms in total. The Morgan fingerprint density at radius 1 is 1.25 bits per heavy atom. The van der Waals surface area contributed by atoms with Crippen LogP contribution >= 0.6 is 0 Å². The summed E-state index contributed by atoms with van der Waals surface area (Å²) in [5.74, 6) is -0.242. The van der Waals surface area contributed by atoms with Crippen molar-refractivity contribution in [1.29, 1.82) is 0 Å². The smallest absolute Gasteiger partial charge is 0.390 e. The normalized spacial score (nSPS) is 11.7. The third kappa shape index (κ3) is 6.98. The molecule has 20 heavy (non-hydrogen) atoms. The van der Waals surface area contributed by atoms with Crippen molar-refractivity contribution in [3.63, 3.8) is 0 Å². The van der Waals surface area contributed by atoms with Gasteiger partial charge in [-0.25, -0.2) is 0 Å². The molecule has 7 heteroatoms. The Kier molecular flexibility index (Phi) is 5.82. The zero-order chi connectivity index (χ0) is 15.2. The van der Waals surface area contributed by atoms with Crippen molar-refractivity contribution in [2.75, 3.05) is 31.2 Å². The van der Waals surface area contributed by atoms with Gasteiger partial charge in [-0.2, -0.15) is 13.2 Å². The maximum absolute atomic E-state index is 12.0. The second-order valence-corrected chi connectivity index (χ2v) is 4.59. The minimum atomic E-state index is -4.17. The van der Waals surface area contributed by atoms with E-state index in [-0.39, 0.29) is 25.4 Å². The topological polar surface area (TPSA) is 58.4 Å². The molecule has 0 bridgehead atoms. The maximum Gasteiger partial charge on any atom is 0.390 e. The van der Waals surface area contributed by atoms with Crippen LogP contribution in [-0.2, 0) is 4.79 Å². The summed E-state index contributed by atoms with van der Waals surface area (Å²) in [6.45, 7) is 0.162. The average molecular weight is 289 g/mol. The molecule has 0 aliphatic carbocycles. The van der Waals surface area contributed by atoms with E-state index in [1.54, 1.807) is 31.3 Å². The van der Waals surface area contributed by atoms with Crippen molar-refractivity contribution in [2.24, 2.45) is 0 Å². The number of carbonyl (C=O) groups excluding carboxylic acids is 1. The highest BCUT2D eigenvalue weighted by Crippen LogP contribution is 2.19. The first-order valence-electron chi connectivity index (χ1n) is 6.17. The first-order chi connectivity index (χ1) is 9.26. The molecule has 1 rings (SSSR count). The average Bonchev–Trinajstić information content (AvgIpc) is 2.36. The first-order valence-corrected chi connectivity index (χ1v) is 6.17. The zero-order valence-electron chi connectivity index (χ0n) is 11.2. The van der Waals surface area contributed by atoms with E-state index in [0.717, 1.165) is 0 Å². The number of nitrogens with zero attached hydrogens (tertiary/aromatic N) is 1. The number of nitrogens with two attached hydrogens (primary N) is 1. The molecule has 1 amide bonds. The van der Waals surface area contributed by atoms with E-state index in [1.165, 1.54) is 4.90 Å². The number of nitrogen functional groups attached to an aromatic ring is 1. The standard InChI is InChI=1S/C13H18F3N3O/c1-19(9-7-13(14,15)16)8-6-12(20)18-11-4-2-10(17)3-5-11/h2-5H,6-9,17H2,1H3,(H,18,20). The van der Waals surface area contributed by atoms with E-state index >= 15 is 0 Å². The Labute approximate surface area is 115 Å². The van der Waals surface area contributed by atoms with Crippen LogP contribution in [-0.4, -0.2) is 37.1 Å². The van der Waals surface area contributed by atoms with Gasteiger partial charge in [0.1, 0.15) is 0 Å². The van der Waals surface area contributed by atoms with E-state index in [1.807, 2.05) is 0 Å². The van der Waals surface area contributed by atoms with Gasteiger partial charge >= 0.3 is 6.18 Å². The van der Waals surface area contributed by atoms with Crippen LogP contribution in [0, 0.1) is 0 Å².